The number of oxime groups is 1. The van der Waals surface area contributed by atoms with Crippen LogP contribution in [0.1, 0.15) is 52.4 Å². The summed E-state index contributed by atoms with van der Waals surface area (Å²) in [6.07, 6.45) is 5.58. The largest absolute Gasteiger partial charge is 0.409 e. The maximum absolute atomic E-state index is 12.7. The van der Waals surface area contributed by atoms with E-state index in [0.29, 0.717) is 18.9 Å². The lowest BCUT2D eigenvalue weighted by Gasteiger charge is -2.37. The summed E-state index contributed by atoms with van der Waals surface area (Å²) in [6, 6.07) is 0.825. The van der Waals surface area contributed by atoms with Gasteiger partial charge in [0.15, 0.2) is 5.84 Å². The Balaban J connectivity index is 2.02. The van der Waals surface area contributed by atoms with E-state index < -0.39 is 5.41 Å². The molecule has 4 N–H and O–H groups in total. The minimum absolute atomic E-state index is 0.0169. The standard InChI is InChI=1S/C15H28N4O2/c1-3-15(4-2,13(16)18-21)14(20)17-11-7-9-19-8-5-6-12(19)10-11/h11-12,21H,3-10H2,1-2H3,(H2,16,18)(H,17,20). The summed E-state index contributed by atoms with van der Waals surface area (Å²) in [4.78, 5) is 15.2. The van der Waals surface area contributed by atoms with Gasteiger partial charge in [-0.25, -0.2) is 0 Å². The lowest BCUT2D eigenvalue weighted by Crippen LogP contribution is -2.54. The molecule has 0 aromatic rings. The second-order valence-corrected chi connectivity index (χ2v) is 6.30. The van der Waals surface area contributed by atoms with Gasteiger partial charge in [0.25, 0.3) is 0 Å². The van der Waals surface area contributed by atoms with Crippen molar-refractivity contribution in [2.45, 2.75) is 64.5 Å². The third kappa shape index (κ3) is 3.00. The van der Waals surface area contributed by atoms with Crippen molar-refractivity contribution in [1.29, 1.82) is 0 Å². The highest BCUT2D eigenvalue weighted by molar-refractivity contribution is 6.06. The molecule has 120 valence electrons. The van der Waals surface area contributed by atoms with Crippen LogP contribution in [0.3, 0.4) is 0 Å². The Morgan fingerprint density at radius 2 is 2.10 bits per heavy atom. The summed E-state index contributed by atoms with van der Waals surface area (Å²) >= 11 is 0. The van der Waals surface area contributed by atoms with Gasteiger partial charge < -0.3 is 21.2 Å². The average Bonchev–Trinajstić information content (AvgIpc) is 2.96. The zero-order chi connectivity index (χ0) is 15.5. The topological polar surface area (TPSA) is 91.0 Å². The van der Waals surface area contributed by atoms with Crippen molar-refractivity contribution in [2.75, 3.05) is 13.1 Å². The molecule has 2 aliphatic heterocycles. The number of hydrogen-bond acceptors (Lipinski definition) is 4. The molecule has 0 aliphatic carbocycles. The highest BCUT2D eigenvalue weighted by Gasteiger charge is 2.41. The lowest BCUT2D eigenvalue weighted by molar-refractivity contribution is -0.129. The maximum Gasteiger partial charge on any atom is 0.234 e. The van der Waals surface area contributed by atoms with Crippen LogP contribution >= 0.6 is 0 Å². The Morgan fingerprint density at radius 1 is 1.38 bits per heavy atom. The highest BCUT2D eigenvalue weighted by atomic mass is 16.4. The molecule has 6 heteroatoms. The molecule has 0 saturated carbocycles. The third-order valence-corrected chi connectivity index (χ3v) is 5.40. The molecular formula is C15H28N4O2. The molecule has 0 spiro atoms. The number of rotatable bonds is 5. The first-order valence-electron chi connectivity index (χ1n) is 8.10. The van der Waals surface area contributed by atoms with Gasteiger partial charge in [-0.15, -0.1) is 0 Å². The Labute approximate surface area is 126 Å². The quantitative estimate of drug-likeness (QED) is 0.308. The Hall–Kier alpha value is -1.30. The molecule has 2 atom stereocenters. The van der Waals surface area contributed by atoms with Gasteiger partial charge in [-0.3, -0.25) is 4.79 Å². The van der Waals surface area contributed by atoms with Crippen LogP contribution in [0.2, 0.25) is 0 Å². The Morgan fingerprint density at radius 3 is 2.71 bits per heavy atom. The number of nitrogens with two attached hydrogens (primary N) is 1. The van der Waals surface area contributed by atoms with Crippen LogP contribution in [0.5, 0.6) is 0 Å². The van der Waals surface area contributed by atoms with E-state index in [1.54, 1.807) is 0 Å². The number of amidine groups is 1. The van der Waals surface area contributed by atoms with Gasteiger partial charge in [0.1, 0.15) is 5.41 Å². The summed E-state index contributed by atoms with van der Waals surface area (Å²) in [5, 5.41) is 15.2. The number of fused-ring (bicyclic) bond motifs is 1. The summed E-state index contributed by atoms with van der Waals surface area (Å²) in [5.41, 5.74) is 4.91. The first kappa shape index (κ1) is 16.1. The van der Waals surface area contributed by atoms with Crippen LogP contribution in [-0.4, -0.2) is 47.0 Å². The molecule has 0 aromatic carbocycles. The minimum Gasteiger partial charge on any atom is -0.409 e. The first-order chi connectivity index (χ1) is 10.1. The number of nitrogens with one attached hydrogen (secondary N) is 1. The molecule has 6 nitrogen and oxygen atoms in total. The molecule has 2 fully saturated rings. The summed E-state index contributed by atoms with van der Waals surface area (Å²) in [7, 11) is 0. The van der Waals surface area contributed by atoms with Crippen LogP contribution in [0.4, 0.5) is 0 Å². The average molecular weight is 296 g/mol. The van der Waals surface area contributed by atoms with E-state index >= 15 is 0 Å². The van der Waals surface area contributed by atoms with Gasteiger partial charge in [-0.1, -0.05) is 19.0 Å². The Bertz CT molecular complexity index is 406. The molecule has 2 unspecified atom stereocenters. The van der Waals surface area contributed by atoms with Gasteiger partial charge in [-0.05, 0) is 45.1 Å². The van der Waals surface area contributed by atoms with Crippen LogP contribution in [0, 0.1) is 5.41 Å². The van der Waals surface area contributed by atoms with Gasteiger partial charge in [-0.2, -0.15) is 0 Å². The van der Waals surface area contributed by atoms with Crippen LogP contribution in [0.15, 0.2) is 5.16 Å². The molecule has 2 saturated heterocycles. The normalized spacial score (nSPS) is 27.4. The minimum atomic E-state index is -0.887. The zero-order valence-corrected chi connectivity index (χ0v) is 13.1. The van der Waals surface area contributed by atoms with E-state index in [4.69, 9.17) is 10.9 Å². The van der Waals surface area contributed by atoms with Crippen molar-refractivity contribution >= 4 is 11.7 Å². The predicted molar refractivity (Wildman–Crippen MR) is 82.2 cm³/mol. The second-order valence-electron chi connectivity index (χ2n) is 6.30. The summed E-state index contributed by atoms with van der Waals surface area (Å²) in [5.74, 6) is -0.0810. The highest BCUT2D eigenvalue weighted by Crippen LogP contribution is 2.30. The van der Waals surface area contributed by atoms with Crippen LogP contribution in [-0.2, 0) is 4.79 Å². The molecule has 0 bridgehead atoms. The smallest absolute Gasteiger partial charge is 0.234 e. The maximum atomic E-state index is 12.7. The van der Waals surface area contributed by atoms with E-state index in [9.17, 15) is 4.79 Å². The summed E-state index contributed by atoms with van der Waals surface area (Å²) in [6.45, 7) is 6.06. The van der Waals surface area contributed by atoms with Crippen molar-refractivity contribution < 1.29 is 10.0 Å². The number of carbonyl (C=O) groups is 1. The predicted octanol–water partition coefficient (Wildman–Crippen LogP) is 1.28. The Kier molecular flexibility index (Phi) is 5.08. The molecule has 0 aromatic heterocycles. The van der Waals surface area contributed by atoms with E-state index in [-0.39, 0.29) is 17.8 Å². The lowest BCUT2D eigenvalue weighted by atomic mass is 9.79. The van der Waals surface area contributed by atoms with E-state index in [1.165, 1.54) is 19.4 Å². The first-order valence-corrected chi connectivity index (χ1v) is 8.10. The monoisotopic (exact) mass is 296 g/mol. The van der Waals surface area contributed by atoms with E-state index in [0.717, 1.165) is 19.4 Å². The molecule has 2 aliphatic rings. The zero-order valence-electron chi connectivity index (χ0n) is 13.1. The molecule has 0 radical (unpaired) electrons. The number of piperidine rings is 1. The molecule has 2 heterocycles. The van der Waals surface area contributed by atoms with Crippen molar-refractivity contribution in [3.8, 4) is 0 Å². The summed E-state index contributed by atoms with van der Waals surface area (Å²) < 4.78 is 0. The fourth-order valence-electron chi connectivity index (χ4n) is 3.82. The SMILES string of the molecule is CCC(CC)(C(=O)NC1CCN2CCCC2C1)C(N)=NO. The molecule has 2 rings (SSSR count). The van der Waals surface area contributed by atoms with E-state index in [2.05, 4.69) is 15.4 Å². The fourth-order valence-corrected chi connectivity index (χ4v) is 3.82. The second kappa shape index (κ2) is 6.64. The molecule has 21 heavy (non-hydrogen) atoms. The van der Waals surface area contributed by atoms with Crippen molar-refractivity contribution in [2.24, 2.45) is 16.3 Å². The number of hydrogen-bond donors (Lipinski definition) is 3. The third-order valence-electron chi connectivity index (χ3n) is 5.40. The number of nitrogens with zero attached hydrogens (tertiary/aromatic N) is 2. The van der Waals surface area contributed by atoms with Gasteiger partial charge in [0, 0.05) is 18.6 Å². The van der Waals surface area contributed by atoms with Gasteiger partial charge in [0.05, 0.1) is 0 Å². The van der Waals surface area contributed by atoms with Crippen molar-refractivity contribution in [3.63, 3.8) is 0 Å². The van der Waals surface area contributed by atoms with Gasteiger partial charge >= 0.3 is 0 Å². The fraction of sp³-hybridized carbons (Fsp3) is 0.867. The number of carbonyl (C=O) groups excluding carboxylic acids is 1. The molecule has 1 amide bonds. The van der Waals surface area contributed by atoms with Crippen LogP contribution in [0.25, 0.3) is 0 Å². The van der Waals surface area contributed by atoms with Crippen LogP contribution < -0.4 is 11.1 Å². The van der Waals surface area contributed by atoms with E-state index in [1.807, 2.05) is 13.8 Å². The van der Waals surface area contributed by atoms with Gasteiger partial charge in [0.2, 0.25) is 5.91 Å². The van der Waals surface area contributed by atoms with Crippen molar-refractivity contribution in [1.82, 2.24) is 10.2 Å². The van der Waals surface area contributed by atoms with Crippen molar-refractivity contribution in [3.05, 3.63) is 0 Å². The number of amides is 1. The molecular weight excluding hydrogens is 268 g/mol.